The Kier molecular flexibility index (Phi) is 4.58. The van der Waals surface area contributed by atoms with E-state index in [0.29, 0.717) is 19.3 Å². The Balaban J connectivity index is 2.11. The van der Waals surface area contributed by atoms with E-state index in [2.05, 4.69) is 26.6 Å². The van der Waals surface area contributed by atoms with Gasteiger partial charge in [-0.3, -0.25) is 9.59 Å². The van der Waals surface area contributed by atoms with E-state index in [-0.39, 0.29) is 5.91 Å². The van der Waals surface area contributed by atoms with Crippen LogP contribution >= 0.6 is 15.9 Å². The molecule has 102 valence electrons. The smallest absolute Gasteiger partial charge is 0.250 e. The van der Waals surface area contributed by atoms with Crippen LogP contribution in [0.5, 0.6) is 0 Å². The number of benzene rings is 1. The number of carbonyl (C=O) groups is 2. The van der Waals surface area contributed by atoms with Crippen molar-refractivity contribution in [1.82, 2.24) is 5.32 Å². The van der Waals surface area contributed by atoms with Crippen molar-refractivity contribution in [3.05, 3.63) is 28.7 Å². The van der Waals surface area contributed by atoms with Gasteiger partial charge in [0.15, 0.2) is 0 Å². The van der Waals surface area contributed by atoms with Crippen LogP contribution in [0, 0.1) is 0 Å². The van der Waals surface area contributed by atoms with Crippen LogP contribution in [0.2, 0.25) is 0 Å². The van der Waals surface area contributed by atoms with Crippen LogP contribution in [0.4, 0.5) is 5.69 Å². The number of nitrogens with one attached hydrogen (secondary N) is 2. The lowest BCUT2D eigenvalue weighted by molar-refractivity contribution is -0.127. The van der Waals surface area contributed by atoms with Crippen LogP contribution in [-0.4, -0.2) is 17.9 Å². The van der Waals surface area contributed by atoms with Gasteiger partial charge in [0.05, 0.1) is 0 Å². The third kappa shape index (κ3) is 3.35. The average molecular weight is 325 g/mol. The normalized spacial score (nSPS) is 17.5. The van der Waals surface area contributed by atoms with E-state index in [1.54, 1.807) is 0 Å². The van der Waals surface area contributed by atoms with Crippen molar-refractivity contribution in [2.75, 3.05) is 5.32 Å². The van der Waals surface area contributed by atoms with Gasteiger partial charge in [-0.1, -0.05) is 35.2 Å². The molecule has 1 aromatic carbocycles. The number of hydrogen-bond acceptors (Lipinski definition) is 2. The highest BCUT2D eigenvalue weighted by Crippen LogP contribution is 2.29. The zero-order valence-electron chi connectivity index (χ0n) is 10.6. The number of halogens is 1. The first-order valence-electron chi connectivity index (χ1n) is 6.45. The molecule has 4 nitrogen and oxygen atoms in total. The molecular formula is C14H17BrN2O2. The molecule has 0 spiro atoms. The van der Waals surface area contributed by atoms with Crippen molar-refractivity contribution >= 4 is 33.9 Å². The molecule has 2 amide bonds. The second kappa shape index (κ2) is 6.19. The summed E-state index contributed by atoms with van der Waals surface area (Å²) >= 11 is 3.35. The Labute approximate surface area is 121 Å². The molecule has 0 unspecified atom stereocenters. The van der Waals surface area contributed by atoms with Crippen molar-refractivity contribution in [3.8, 4) is 0 Å². The SMILES string of the molecule is O=CNC1(C(=O)Nc2ccc(Br)cc2)CCCCC1. The third-order valence-electron chi connectivity index (χ3n) is 3.58. The summed E-state index contributed by atoms with van der Waals surface area (Å²) in [6.07, 6.45) is 5.09. The van der Waals surface area contributed by atoms with Crippen LogP contribution in [0.1, 0.15) is 32.1 Å². The molecule has 1 aliphatic carbocycles. The van der Waals surface area contributed by atoms with E-state index >= 15 is 0 Å². The Morgan fingerprint density at radius 1 is 1.16 bits per heavy atom. The van der Waals surface area contributed by atoms with Crippen LogP contribution < -0.4 is 10.6 Å². The van der Waals surface area contributed by atoms with Gasteiger partial charge in [0.25, 0.3) is 0 Å². The number of rotatable bonds is 4. The van der Waals surface area contributed by atoms with Crippen LogP contribution in [0.15, 0.2) is 28.7 Å². The summed E-state index contributed by atoms with van der Waals surface area (Å²) in [6.45, 7) is 0. The van der Waals surface area contributed by atoms with Gasteiger partial charge in [-0.2, -0.15) is 0 Å². The van der Waals surface area contributed by atoms with E-state index in [9.17, 15) is 9.59 Å². The second-order valence-electron chi connectivity index (χ2n) is 4.87. The maximum atomic E-state index is 12.4. The van der Waals surface area contributed by atoms with Crippen LogP contribution in [-0.2, 0) is 9.59 Å². The van der Waals surface area contributed by atoms with Gasteiger partial charge in [0, 0.05) is 10.2 Å². The fourth-order valence-corrected chi connectivity index (χ4v) is 2.75. The molecule has 1 aromatic rings. The van der Waals surface area contributed by atoms with Crippen molar-refractivity contribution in [3.63, 3.8) is 0 Å². The van der Waals surface area contributed by atoms with Gasteiger partial charge < -0.3 is 10.6 Å². The summed E-state index contributed by atoms with van der Waals surface area (Å²) in [6, 6.07) is 7.41. The Morgan fingerprint density at radius 3 is 2.37 bits per heavy atom. The lowest BCUT2D eigenvalue weighted by atomic mass is 9.81. The largest absolute Gasteiger partial charge is 0.344 e. The fourth-order valence-electron chi connectivity index (χ4n) is 2.49. The summed E-state index contributed by atoms with van der Waals surface area (Å²) in [5.41, 5.74) is -0.00146. The van der Waals surface area contributed by atoms with Crippen LogP contribution in [0.3, 0.4) is 0 Å². The minimum Gasteiger partial charge on any atom is -0.344 e. The molecule has 0 saturated heterocycles. The Hall–Kier alpha value is -1.36. The van der Waals surface area contributed by atoms with Crippen LogP contribution in [0.25, 0.3) is 0 Å². The number of carbonyl (C=O) groups excluding carboxylic acids is 2. The quantitative estimate of drug-likeness (QED) is 0.837. The first kappa shape index (κ1) is 14.1. The van der Waals surface area contributed by atoms with Crippen molar-refractivity contribution in [2.45, 2.75) is 37.6 Å². The van der Waals surface area contributed by atoms with Crippen molar-refractivity contribution < 1.29 is 9.59 Å². The summed E-state index contributed by atoms with van der Waals surface area (Å²) < 4.78 is 0.962. The molecule has 0 bridgehead atoms. The van der Waals surface area contributed by atoms with Gasteiger partial charge in [0.1, 0.15) is 5.54 Å². The third-order valence-corrected chi connectivity index (χ3v) is 4.11. The lowest BCUT2D eigenvalue weighted by Gasteiger charge is -2.35. The molecule has 0 aliphatic heterocycles. The summed E-state index contributed by atoms with van der Waals surface area (Å²) in [7, 11) is 0. The number of anilines is 1. The Bertz CT molecular complexity index is 453. The lowest BCUT2D eigenvalue weighted by Crippen LogP contribution is -2.55. The predicted octanol–water partition coefficient (Wildman–Crippen LogP) is 2.84. The molecule has 0 radical (unpaired) electrons. The molecule has 5 heteroatoms. The van der Waals surface area contributed by atoms with E-state index in [4.69, 9.17) is 0 Å². The first-order chi connectivity index (χ1) is 9.16. The maximum Gasteiger partial charge on any atom is 0.250 e. The number of hydrogen-bond donors (Lipinski definition) is 2. The zero-order valence-corrected chi connectivity index (χ0v) is 12.2. The molecule has 2 N–H and O–H groups in total. The minimum atomic E-state index is -0.743. The highest BCUT2D eigenvalue weighted by molar-refractivity contribution is 9.10. The van der Waals surface area contributed by atoms with E-state index < -0.39 is 5.54 Å². The topological polar surface area (TPSA) is 58.2 Å². The molecular weight excluding hydrogens is 308 g/mol. The fraction of sp³-hybridized carbons (Fsp3) is 0.429. The Morgan fingerprint density at radius 2 is 1.79 bits per heavy atom. The molecule has 0 heterocycles. The summed E-state index contributed by atoms with van der Waals surface area (Å²) in [5, 5.41) is 5.61. The molecule has 0 atom stereocenters. The van der Waals surface area contributed by atoms with E-state index in [1.165, 1.54) is 0 Å². The van der Waals surface area contributed by atoms with Gasteiger partial charge in [-0.25, -0.2) is 0 Å². The average Bonchev–Trinajstić information content (AvgIpc) is 2.43. The molecule has 2 rings (SSSR count). The van der Waals surface area contributed by atoms with E-state index in [0.717, 1.165) is 29.4 Å². The summed E-state index contributed by atoms with van der Waals surface area (Å²) in [5.74, 6) is -0.123. The van der Waals surface area contributed by atoms with Crippen molar-refractivity contribution in [2.24, 2.45) is 0 Å². The van der Waals surface area contributed by atoms with Gasteiger partial charge >= 0.3 is 0 Å². The molecule has 19 heavy (non-hydrogen) atoms. The van der Waals surface area contributed by atoms with Gasteiger partial charge in [-0.05, 0) is 37.1 Å². The highest BCUT2D eigenvalue weighted by Gasteiger charge is 2.39. The highest BCUT2D eigenvalue weighted by atomic mass is 79.9. The molecule has 1 fully saturated rings. The standard InChI is InChI=1S/C14H17BrN2O2/c15-11-4-6-12(7-5-11)17-13(19)14(16-10-18)8-2-1-3-9-14/h4-7,10H,1-3,8-9H2,(H,16,18)(H,17,19). The first-order valence-corrected chi connectivity index (χ1v) is 7.24. The van der Waals surface area contributed by atoms with E-state index in [1.807, 2.05) is 24.3 Å². The molecule has 0 aromatic heterocycles. The number of amides is 2. The van der Waals surface area contributed by atoms with Gasteiger partial charge in [-0.15, -0.1) is 0 Å². The molecule has 1 aliphatic rings. The second-order valence-corrected chi connectivity index (χ2v) is 5.78. The molecule has 1 saturated carbocycles. The summed E-state index contributed by atoms with van der Waals surface area (Å²) in [4.78, 5) is 23.2. The maximum absolute atomic E-state index is 12.4. The predicted molar refractivity (Wildman–Crippen MR) is 77.8 cm³/mol. The minimum absolute atomic E-state index is 0.123. The zero-order chi connectivity index (χ0) is 13.7. The van der Waals surface area contributed by atoms with Crippen molar-refractivity contribution in [1.29, 1.82) is 0 Å². The monoisotopic (exact) mass is 324 g/mol. The van der Waals surface area contributed by atoms with Gasteiger partial charge in [0.2, 0.25) is 12.3 Å².